The summed E-state index contributed by atoms with van der Waals surface area (Å²) in [6, 6.07) is 9.25. The number of azo groups is 1. The lowest BCUT2D eigenvalue weighted by Gasteiger charge is -1.94. The summed E-state index contributed by atoms with van der Waals surface area (Å²) in [6.45, 7) is 0. The molecule has 5 nitrogen and oxygen atoms in total. The molecule has 4 rings (SSSR count). The second-order valence-corrected chi connectivity index (χ2v) is 5.11. The van der Waals surface area contributed by atoms with Gasteiger partial charge in [-0.2, -0.15) is 10.2 Å². The molecule has 1 aromatic carbocycles. The number of aromatic hydroxyl groups is 1. The van der Waals surface area contributed by atoms with Crippen LogP contribution in [0.1, 0.15) is 5.56 Å². The Balaban J connectivity index is 1.97. The third-order valence-electron chi connectivity index (χ3n) is 3.35. The molecule has 0 saturated heterocycles. The van der Waals surface area contributed by atoms with Crippen LogP contribution in [0.15, 0.2) is 40.6 Å². The molecule has 3 aromatic rings. The number of aromatic amines is 1. The van der Waals surface area contributed by atoms with E-state index in [0.717, 1.165) is 21.6 Å². The van der Waals surface area contributed by atoms with E-state index in [-0.39, 0.29) is 5.88 Å². The van der Waals surface area contributed by atoms with Crippen molar-refractivity contribution in [2.24, 2.45) is 10.2 Å². The molecule has 0 unspecified atom stereocenters. The molecule has 21 heavy (non-hydrogen) atoms. The number of hydrogen-bond acceptors (Lipinski definition) is 4. The van der Waals surface area contributed by atoms with Crippen molar-refractivity contribution in [3.8, 4) is 5.88 Å². The minimum atomic E-state index is 0.0634. The van der Waals surface area contributed by atoms with Gasteiger partial charge in [-0.3, -0.25) is 0 Å². The lowest BCUT2D eigenvalue weighted by atomic mass is 10.1. The van der Waals surface area contributed by atoms with Gasteiger partial charge >= 0.3 is 0 Å². The predicted molar refractivity (Wildman–Crippen MR) is 81.0 cm³/mol. The number of nitrogens with one attached hydrogen (secondary N) is 1. The van der Waals surface area contributed by atoms with Crippen LogP contribution in [0.3, 0.4) is 0 Å². The van der Waals surface area contributed by atoms with Crippen molar-refractivity contribution in [2.75, 3.05) is 0 Å². The molecular weight excluding hydrogens is 288 g/mol. The van der Waals surface area contributed by atoms with Gasteiger partial charge in [0.05, 0.1) is 23.0 Å². The van der Waals surface area contributed by atoms with Crippen molar-refractivity contribution in [1.29, 1.82) is 0 Å². The van der Waals surface area contributed by atoms with Crippen molar-refractivity contribution in [1.82, 2.24) is 9.97 Å². The van der Waals surface area contributed by atoms with Crippen LogP contribution in [0.5, 0.6) is 5.88 Å². The third kappa shape index (κ3) is 1.98. The molecule has 0 radical (unpaired) electrons. The van der Waals surface area contributed by atoms with Crippen molar-refractivity contribution >= 4 is 40.6 Å². The average molecular weight is 297 g/mol. The Labute approximate surface area is 123 Å². The molecule has 0 spiro atoms. The van der Waals surface area contributed by atoms with E-state index in [4.69, 9.17) is 11.6 Å². The lowest BCUT2D eigenvalue weighted by Crippen LogP contribution is -2.06. The van der Waals surface area contributed by atoms with Gasteiger partial charge in [-0.15, -0.1) is 0 Å². The van der Waals surface area contributed by atoms with Crippen LogP contribution in [0.2, 0.25) is 5.15 Å². The van der Waals surface area contributed by atoms with Gasteiger partial charge in [-0.1, -0.05) is 23.7 Å². The minimum absolute atomic E-state index is 0.0634. The summed E-state index contributed by atoms with van der Waals surface area (Å²) in [5, 5.41) is 20.2. The molecule has 1 aliphatic heterocycles. The normalized spacial score (nSPS) is 13.7. The standard InChI is InChI=1S/C15H9ClN4O/c16-13-4-3-11-14(19-13)10(15(21)18-11)5-8-1-2-9-7-17-20-12(9)6-8/h1-7,18,21H/b8-5-. The Bertz CT molecular complexity index is 1020. The van der Waals surface area contributed by atoms with Gasteiger partial charge in [0.15, 0.2) is 5.88 Å². The number of rotatable bonds is 1. The van der Waals surface area contributed by atoms with Crippen molar-refractivity contribution in [3.63, 3.8) is 0 Å². The maximum absolute atomic E-state index is 10.1. The van der Waals surface area contributed by atoms with Crippen LogP contribution in [-0.2, 0) is 0 Å². The van der Waals surface area contributed by atoms with E-state index in [2.05, 4.69) is 20.2 Å². The molecule has 6 heteroatoms. The molecule has 1 aliphatic rings. The smallest absolute Gasteiger partial charge is 0.198 e. The van der Waals surface area contributed by atoms with Crippen molar-refractivity contribution in [3.05, 3.63) is 51.5 Å². The van der Waals surface area contributed by atoms with Crippen LogP contribution < -0.4 is 10.4 Å². The molecule has 2 aromatic heterocycles. The minimum Gasteiger partial charge on any atom is -0.494 e. The first-order valence-corrected chi connectivity index (χ1v) is 6.68. The molecular formula is C15H9ClN4O. The number of H-pyrrole nitrogens is 1. The quantitative estimate of drug-likeness (QED) is 0.677. The maximum atomic E-state index is 10.1. The highest BCUT2D eigenvalue weighted by Gasteiger charge is 2.10. The molecule has 2 N–H and O–H groups in total. The lowest BCUT2D eigenvalue weighted by molar-refractivity contribution is 0.457. The van der Waals surface area contributed by atoms with Gasteiger partial charge in [0, 0.05) is 5.22 Å². The Morgan fingerprint density at radius 1 is 1.19 bits per heavy atom. The highest BCUT2D eigenvalue weighted by molar-refractivity contribution is 6.29. The summed E-state index contributed by atoms with van der Waals surface area (Å²) in [4.78, 5) is 7.14. The van der Waals surface area contributed by atoms with Gasteiger partial charge < -0.3 is 10.1 Å². The van der Waals surface area contributed by atoms with Crippen LogP contribution in [0, 0.1) is 0 Å². The van der Waals surface area contributed by atoms with Crippen LogP contribution in [0.25, 0.3) is 23.3 Å². The first-order valence-electron chi connectivity index (χ1n) is 6.31. The van der Waals surface area contributed by atoms with E-state index in [1.807, 2.05) is 24.3 Å². The summed E-state index contributed by atoms with van der Waals surface area (Å²) < 4.78 is 0. The first-order chi connectivity index (χ1) is 10.2. The van der Waals surface area contributed by atoms with Gasteiger partial charge in [-0.05, 0) is 29.5 Å². The number of benzene rings is 1. The van der Waals surface area contributed by atoms with E-state index in [0.29, 0.717) is 16.2 Å². The zero-order chi connectivity index (χ0) is 14.4. The Morgan fingerprint density at radius 2 is 2.10 bits per heavy atom. The Kier molecular flexibility index (Phi) is 2.55. The van der Waals surface area contributed by atoms with E-state index in [1.54, 1.807) is 18.3 Å². The molecule has 0 fully saturated rings. The van der Waals surface area contributed by atoms with E-state index >= 15 is 0 Å². The second-order valence-electron chi connectivity index (χ2n) is 4.72. The largest absolute Gasteiger partial charge is 0.494 e. The fourth-order valence-corrected chi connectivity index (χ4v) is 2.50. The highest BCUT2D eigenvalue weighted by Crippen LogP contribution is 2.27. The fourth-order valence-electron chi connectivity index (χ4n) is 2.35. The summed E-state index contributed by atoms with van der Waals surface area (Å²) >= 11 is 5.93. The van der Waals surface area contributed by atoms with Gasteiger partial charge in [0.2, 0.25) is 0 Å². The van der Waals surface area contributed by atoms with Gasteiger partial charge in [0.1, 0.15) is 10.7 Å². The van der Waals surface area contributed by atoms with Crippen molar-refractivity contribution in [2.45, 2.75) is 0 Å². The topological polar surface area (TPSA) is 73.6 Å². The Morgan fingerprint density at radius 3 is 3.00 bits per heavy atom. The predicted octanol–water partition coefficient (Wildman–Crippen LogP) is 2.59. The zero-order valence-electron chi connectivity index (χ0n) is 10.7. The maximum Gasteiger partial charge on any atom is 0.198 e. The number of fused-ring (bicyclic) bond motifs is 2. The number of hydrogen-bond donors (Lipinski definition) is 2. The monoisotopic (exact) mass is 296 g/mol. The van der Waals surface area contributed by atoms with Gasteiger partial charge in [0.25, 0.3) is 0 Å². The summed E-state index contributed by atoms with van der Waals surface area (Å²) in [5.74, 6) is 0.0634. The third-order valence-corrected chi connectivity index (χ3v) is 3.56. The Hall–Kier alpha value is -2.66. The fraction of sp³-hybridized carbons (Fsp3) is 0. The first kappa shape index (κ1) is 12.1. The number of halogens is 1. The van der Waals surface area contributed by atoms with Crippen LogP contribution in [-0.4, -0.2) is 15.1 Å². The number of pyridine rings is 1. The second kappa shape index (κ2) is 4.43. The molecule has 102 valence electrons. The molecule has 0 saturated carbocycles. The van der Waals surface area contributed by atoms with Crippen molar-refractivity contribution < 1.29 is 5.11 Å². The molecule has 0 bridgehead atoms. The summed E-state index contributed by atoms with van der Waals surface area (Å²) in [7, 11) is 0. The van der Waals surface area contributed by atoms with E-state index in [1.165, 1.54) is 0 Å². The summed E-state index contributed by atoms with van der Waals surface area (Å²) in [5.41, 5.74) is 2.78. The number of aromatic nitrogens is 2. The van der Waals surface area contributed by atoms with Gasteiger partial charge in [-0.25, -0.2) is 4.98 Å². The highest BCUT2D eigenvalue weighted by atomic mass is 35.5. The zero-order valence-corrected chi connectivity index (χ0v) is 11.5. The SMILES string of the molecule is Oc1[nH]c2ccc(Cl)nc2c1/C=c1/ccc2c(c1)N=NC=2. The van der Waals surface area contributed by atoms with E-state index in [9.17, 15) is 5.11 Å². The average Bonchev–Trinajstić information content (AvgIpc) is 3.04. The molecule has 3 heterocycles. The van der Waals surface area contributed by atoms with Crippen LogP contribution in [0.4, 0.5) is 5.69 Å². The molecule has 0 amide bonds. The number of nitrogens with zero attached hydrogens (tertiary/aromatic N) is 3. The molecule has 0 aliphatic carbocycles. The summed E-state index contributed by atoms with van der Waals surface area (Å²) in [6.07, 6.45) is 3.55. The van der Waals surface area contributed by atoms with E-state index < -0.39 is 0 Å². The molecule has 0 atom stereocenters. The van der Waals surface area contributed by atoms with Crippen LogP contribution >= 0.6 is 11.6 Å².